The zero-order valence-corrected chi connectivity index (χ0v) is 16.3. The molecular formula is C23H20N4O3. The standard InChI is InChI=1S/C23H20N4O3/c24-16-19-23(30-22(26-19)20-9-5-15-29-20)27-13-10-18(11-14-27)21(28)25-12-4-8-17-6-2-1-3-7-17/h1-3,5-7,9,15,18H,10-14H2,(H,25,28). The first kappa shape index (κ1) is 19.4. The van der Waals surface area contributed by atoms with E-state index in [0.29, 0.717) is 44.1 Å². The molecule has 0 radical (unpaired) electrons. The summed E-state index contributed by atoms with van der Waals surface area (Å²) in [7, 11) is 0. The van der Waals surface area contributed by atoms with Crippen molar-refractivity contribution in [2.24, 2.45) is 5.92 Å². The van der Waals surface area contributed by atoms with Crippen LogP contribution in [0.5, 0.6) is 0 Å². The first-order chi connectivity index (χ1) is 14.7. The zero-order chi connectivity index (χ0) is 20.8. The Morgan fingerprint density at radius 3 is 2.70 bits per heavy atom. The molecule has 150 valence electrons. The van der Waals surface area contributed by atoms with Gasteiger partial charge in [-0.2, -0.15) is 10.2 Å². The molecule has 7 nitrogen and oxygen atoms in total. The number of oxazole rings is 1. The van der Waals surface area contributed by atoms with Gasteiger partial charge >= 0.3 is 0 Å². The van der Waals surface area contributed by atoms with Crippen LogP contribution in [-0.4, -0.2) is 30.5 Å². The predicted octanol–water partition coefficient (Wildman–Crippen LogP) is 3.19. The summed E-state index contributed by atoms with van der Waals surface area (Å²) in [6.45, 7) is 1.53. The number of rotatable bonds is 4. The van der Waals surface area contributed by atoms with Gasteiger partial charge in [0.2, 0.25) is 17.5 Å². The fraction of sp³-hybridized carbons (Fsp3) is 0.261. The molecule has 7 heteroatoms. The van der Waals surface area contributed by atoms with Crippen molar-refractivity contribution < 1.29 is 13.6 Å². The Balaban J connectivity index is 1.31. The lowest BCUT2D eigenvalue weighted by atomic mass is 9.96. The van der Waals surface area contributed by atoms with E-state index in [0.717, 1.165) is 5.56 Å². The quantitative estimate of drug-likeness (QED) is 0.676. The van der Waals surface area contributed by atoms with Gasteiger partial charge in [-0.3, -0.25) is 4.79 Å². The van der Waals surface area contributed by atoms with Gasteiger partial charge in [-0.1, -0.05) is 30.0 Å². The SMILES string of the molecule is N#Cc1nc(-c2ccco2)oc1N1CCC(C(=O)NCC#Cc2ccccc2)CC1. The van der Waals surface area contributed by atoms with Crippen LogP contribution in [0, 0.1) is 29.1 Å². The minimum Gasteiger partial charge on any atom is -0.459 e. The van der Waals surface area contributed by atoms with Crippen LogP contribution in [0.1, 0.15) is 24.1 Å². The number of hydrogen-bond acceptors (Lipinski definition) is 6. The van der Waals surface area contributed by atoms with Gasteiger partial charge in [0.05, 0.1) is 12.8 Å². The predicted molar refractivity (Wildman–Crippen MR) is 110 cm³/mol. The molecule has 1 fully saturated rings. The van der Waals surface area contributed by atoms with Gasteiger partial charge in [-0.25, -0.2) is 0 Å². The largest absolute Gasteiger partial charge is 0.459 e. The number of anilines is 1. The van der Waals surface area contributed by atoms with E-state index in [-0.39, 0.29) is 23.4 Å². The van der Waals surface area contributed by atoms with E-state index in [2.05, 4.69) is 28.2 Å². The number of amides is 1. The number of piperidine rings is 1. The number of hydrogen-bond donors (Lipinski definition) is 1. The van der Waals surface area contributed by atoms with Gasteiger partial charge in [-0.15, -0.1) is 0 Å². The Morgan fingerprint density at radius 1 is 1.20 bits per heavy atom. The lowest BCUT2D eigenvalue weighted by molar-refractivity contribution is -0.125. The number of carbonyl (C=O) groups is 1. The minimum atomic E-state index is -0.0854. The Bertz CT molecular complexity index is 1090. The molecule has 1 aromatic carbocycles. The molecule has 0 spiro atoms. The molecule has 1 aliphatic rings. The number of aromatic nitrogens is 1. The van der Waals surface area contributed by atoms with Crippen molar-refractivity contribution >= 4 is 11.8 Å². The summed E-state index contributed by atoms with van der Waals surface area (Å²) in [6, 6.07) is 15.2. The first-order valence-electron chi connectivity index (χ1n) is 9.76. The second-order valence-corrected chi connectivity index (χ2v) is 6.91. The van der Waals surface area contributed by atoms with Crippen LogP contribution in [0.4, 0.5) is 5.88 Å². The smallest absolute Gasteiger partial charge is 0.266 e. The molecule has 0 aliphatic carbocycles. The molecule has 0 saturated carbocycles. The third-order valence-corrected chi connectivity index (χ3v) is 4.96. The van der Waals surface area contributed by atoms with Crippen molar-refractivity contribution in [2.45, 2.75) is 12.8 Å². The monoisotopic (exact) mass is 400 g/mol. The fourth-order valence-corrected chi connectivity index (χ4v) is 3.39. The van der Waals surface area contributed by atoms with Gasteiger partial charge in [0.25, 0.3) is 5.89 Å². The van der Waals surface area contributed by atoms with E-state index in [1.807, 2.05) is 35.2 Å². The maximum Gasteiger partial charge on any atom is 0.266 e. The number of carbonyl (C=O) groups excluding carboxylic acids is 1. The molecule has 30 heavy (non-hydrogen) atoms. The summed E-state index contributed by atoms with van der Waals surface area (Å²) in [6.07, 6.45) is 2.86. The van der Waals surface area contributed by atoms with E-state index < -0.39 is 0 Å². The van der Waals surface area contributed by atoms with Crippen LogP contribution in [-0.2, 0) is 4.79 Å². The molecule has 0 atom stereocenters. The van der Waals surface area contributed by atoms with Crippen molar-refractivity contribution in [2.75, 3.05) is 24.5 Å². The summed E-state index contributed by atoms with van der Waals surface area (Å²) < 4.78 is 11.1. The maximum atomic E-state index is 12.4. The first-order valence-corrected chi connectivity index (χ1v) is 9.76. The highest BCUT2D eigenvalue weighted by Crippen LogP contribution is 2.31. The zero-order valence-electron chi connectivity index (χ0n) is 16.3. The second-order valence-electron chi connectivity index (χ2n) is 6.91. The number of nitrogens with one attached hydrogen (secondary N) is 1. The van der Waals surface area contributed by atoms with Crippen molar-refractivity contribution in [3.63, 3.8) is 0 Å². The molecule has 3 aromatic rings. The van der Waals surface area contributed by atoms with Gasteiger partial charge in [-0.05, 0) is 37.1 Å². The topological polar surface area (TPSA) is 95.3 Å². The normalized spacial score (nSPS) is 13.9. The van der Waals surface area contributed by atoms with E-state index in [1.165, 1.54) is 6.26 Å². The Hall–Kier alpha value is -3.97. The number of nitrogens with zero attached hydrogens (tertiary/aromatic N) is 3. The highest BCUT2D eigenvalue weighted by atomic mass is 16.4. The third-order valence-electron chi connectivity index (χ3n) is 4.96. The summed E-state index contributed by atoms with van der Waals surface area (Å²) in [5.41, 5.74) is 1.15. The van der Waals surface area contributed by atoms with Crippen molar-refractivity contribution in [3.05, 3.63) is 60.0 Å². The summed E-state index contributed by atoms with van der Waals surface area (Å²) in [5, 5.41) is 12.3. The second kappa shape index (κ2) is 9.02. The average Bonchev–Trinajstić information content (AvgIpc) is 3.47. The van der Waals surface area contributed by atoms with Crippen LogP contribution in [0.25, 0.3) is 11.7 Å². The summed E-state index contributed by atoms with van der Waals surface area (Å²) >= 11 is 0. The molecule has 1 amide bonds. The molecule has 1 aliphatic heterocycles. The van der Waals surface area contributed by atoms with Crippen LogP contribution in [0.15, 0.2) is 57.6 Å². The fourth-order valence-electron chi connectivity index (χ4n) is 3.39. The molecule has 1 saturated heterocycles. The number of furan rings is 1. The third kappa shape index (κ3) is 4.37. The maximum absolute atomic E-state index is 12.4. The van der Waals surface area contributed by atoms with Crippen molar-refractivity contribution in [3.8, 4) is 29.6 Å². The van der Waals surface area contributed by atoms with Gasteiger partial charge in [0.1, 0.15) is 6.07 Å². The van der Waals surface area contributed by atoms with Crippen LogP contribution >= 0.6 is 0 Å². The molecule has 1 N–H and O–H groups in total. The Kier molecular flexibility index (Phi) is 5.82. The molecule has 4 rings (SSSR count). The van der Waals surface area contributed by atoms with Gasteiger partial charge < -0.3 is 19.1 Å². The summed E-state index contributed by atoms with van der Waals surface area (Å²) in [4.78, 5) is 18.6. The van der Waals surface area contributed by atoms with Crippen LogP contribution < -0.4 is 10.2 Å². The Labute approximate surface area is 174 Å². The van der Waals surface area contributed by atoms with Gasteiger partial charge in [0, 0.05) is 24.6 Å². The molecular weight excluding hydrogens is 380 g/mol. The van der Waals surface area contributed by atoms with Gasteiger partial charge in [0.15, 0.2) is 5.76 Å². The number of nitriles is 1. The van der Waals surface area contributed by atoms with E-state index >= 15 is 0 Å². The van der Waals surface area contributed by atoms with Crippen molar-refractivity contribution in [1.82, 2.24) is 10.3 Å². The molecule has 2 aromatic heterocycles. The van der Waals surface area contributed by atoms with Crippen LogP contribution in [0.3, 0.4) is 0 Å². The molecule has 0 bridgehead atoms. The minimum absolute atomic E-state index is 0.00589. The number of benzene rings is 1. The van der Waals surface area contributed by atoms with E-state index in [9.17, 15) is 10.1 Å². The average molecular weight is 400 g/mol. The molecule has 0 unspecified atom stereocenters. The van der Waals surface area contributed by atoms with E-state index in [1.54, 1.807) is 12.1 Å². The summed E-state index contributed by atoms with van der Waals surface area (Å²) in [5.74, 6) is 7.11. The van der Waals surface area contributed by atoms with Crippen molar-refractivity contribution in [1.29, 1.82) is 5.26 Å². The van der Waals surface area contributed by atoms with Crippen LogP contribution in [0.2, 0.25) is 0 Å². The lowest BCUT2D eigenvalue weighted by Gasteiger charge is -2.30. The highest BCUT2D eigenvalue weighted by Gasteiger charge is 2.29. The Morgan fingerprint density at radius 2 is 2.00 bits per heavy atom. The van der Waals surface area contributed by atoms with E-state index in [4.69, 9.17) is 8.83 Å². The lowest BCUT2D eigenvalue weighted by Crippen LogP contribution is -2.40. The highest BCUT2D eigenvalue weighted by molar-refractivity contribution is 5.79. The molecule has 3 heterocycles.